The number of hydrogen-bond acceptors (Lipinski definition) is 0. The van der Waals surface area contributed by atoms with Crippen LogP contribution in [0.15, 0.2) is 72.9 Å². The molecule has 1 aromatic rings. The fourth-order valence-electron chi connectivity index (χ4n) is 3.80. The first-order valence-corrected chi connectivity index (χ1v) is 8.77. The lowest BCUT2D eigenvalue weighted by atomic mass is 9.84. The van der Waals surface area contributed by atoms with Gasteiger partial charge in [0.15, 0.2) is 0 Å². The maximum absolute atomic E-state index is 3.93. The standard InChI is InChI=1S/C24H26/c1-5-9-19-11-7-13-21(19)23-16-15-17(3)18(4)24(23)22-14-8-12-20(22)10-6-2/h5-8,11-12,15-16H,1-2,9-10,13-14H2,3-4H3. The van der Waals surface area contributed by atoms with Crippen molar-refractivity contribution < 1.29 is 0 Å². The van der Waals surface area contributed by atoms with Crippen molar-refractivity contribution >= 4 is 11.1 Å². The highest BCUT2D eigenvalue weighted by Crippen LogP contribution is 2.41. The zero-order valence-electron chi connectivity index (χ0n) is 14.9. The van der Waals surface area contributed by atoms with E-state index >= 15 is 0 Å². The summed E-state index contributed by atoms with van der Waals surface area (Å²) >= 11 is 0. The molecule has 0 amide bonds. The van der Waals surface area contributed by atoms with Gasteiger partial charge in [-0.3, -0.25) is 0 Å². The van der Waals surface area contributed by atoms with Gasteiger partial charge in [0.25, 0.3) is 0 Å². The second-order valence-corrected chi connectivity index (χ2v) is 6.64. The predicted molar refractivity (Wildman–Crippen MR) is 107 cm³/mol. The van der Waals surface area contributed by atoms with Gasteiger partial charge < -0.3 is 0 Å². The van der Waals surface area contributed by atoms with E-state index in [1.165, 1.54) is 44.5 Å². The third kappa shape index (κ3) is 2.89. The minimum Gasteiger partial charge on any atom is -0.103 e. The maximum atomic E-state index is 3.93. The van der Waals surface area contributed by atoms with Crippen LogP contribution in [0.5, 0.6) is 0 Å². The van der Waals surface area contributed by atoms with Crippen LogP contribution < -0.4 is 0 Å². The minimum absolute atomic E-state index is 0.939. The van der Waals surface area contributed by atoms with E-state index in [0.717, 1.165) is 25.7 Å². The molecule has 0 saturated carbocycles. The van der Waals surface area contributed by atoms with Crippen LogP contribution in [0, 0.1) is 13.8 Å². The molecule has 0 nitrogen and oxygen atoms in total. The normalized spacial score (nSPS) is 16.4. The molecular weight excluding hydrogens is 288 g/mol. The lowest BCUT2D eigenvalue weighted by Gasteiger charge is -2.20. The Morgan fingerprint density at radius 1 is 0.875 bits per heavy atom. The highest BCUT2D eigenvalue weighted by Gasteiger charge is 2.21. The van der Waals surface area contributed by atoms with Crippen LogP contribution in [-0.2, 0) is 0 Å². The molecule has 0 N–H and O–H groups in total. The maximum Gasteiger partial charge on any atom is -0.00851 e. The molecule has 0 heterocycles. The van der Waals surface area contributed by atoms with Crippen LogP contribution in [-0.4, -0.2) is 0 Å². The first-order valence-electron chi connectivity index (χ1n) is 8.77. The molecule has 0 fully saturated rings. The third-order valence-electron chi connectivity index (χ3n) is 5.15. The molecule has 0 atom stereocenters. The molecule has 0 spiro atoms. The fourth-order valence-corrected chi connectivity index (χ4v) is 3.80. The second kappa shape index (κ2) is 7.05. The predicted octanol–water partition coefficient (Wildman–Crippen LogP) is 6.88. The summed E-state index contributed by atoms with van der Waals surface area (Å²) in [5.41, 5.74) is 11.4. The Bertz CT molecular complexity index is 807. The van der Waals surface area contributed by atoms with E-state index in [1.54, 1.807) is 0 Å². The Kier molecular flexibility index (Phi) is 4.85. The van der Waals surface area contributed by atoms with Crippen molar-refractivity contribution in [3.63, 3.8) is 0 Å². The molecule has 0 radical (unpaired) electrons. The van der Waals surface area contributed by atoms with Crippen molar-refractivity contribution in [2.75, 3.05) is 0 Å². The fraction of sp³-hybridized carbons (Fsp3) is 0.250. The Balaban J connectivity index is 2.21. The van der Waals surface area contributed by atoms with E-state index in [0.29, 0.717) is 0 Å². The molecular formula is C24H26. The van der Waals surface area contributed by atoms with Crippen LogP contribution in [0.1, 0.15) is 47.9 Å². The van der Waals surface area contributed by atoms with Crippen molar-refractivity contribution in [3.05, 3.63) is 95.1 Å². The minimum atomic E-state index is 0.939. The molecule has 0 saturated heterocycles. The Morgan fingerprint density at radius 2 is 1.46 bits per heavy atom. The molecule has 0 unspecified atom stereocenters. The first kappa shape index (κ1) is 16.5. The van der Waals surface area contributed by atoms with Gasteiger partial charge >= 0.3 is 0 Å². The zero-order valence-corrected chi connectivity index (χ0v) is 14.9. The smallest absolute Gasteiger partial charge is 0.00851 e. The summed E-state index contributed by atoms with van der Waals surface area (Å²) in [5, 5.41) is 0. The average molecular weight is 314 g/mol. The van der Waals surface area contributed by atoms with Crippen molar-refractivity contribution in [1.29, 1.82) is 0 Å². The third-order valence-corrected chi connectivity index (χ3v) is 5.15. The van der Waals surface area contributed by atoms with Crippen LogP contribution >= 0.6 is 0 Å². The van der Waals surface area contributed by atoms with E-state index in [2.05, 4.69) is 63.4 Å². The van der Waals surface area contributed by atoms with Crippen LogP contribution in [0.3, 0.4) is 0 Å². The van der Waals surface area contributed by atoms with E-state index in [1.807, 2.05) is 12.2 Å². The first-order chi connectivity index (χ1) is 11.7. The van der Waals surface area contributed by atoms with Gasteiger partial charge in [-0.25, -0.2) is 0 Å². The van der Waals surface area contributed by atoms with Gasteiger partial charge in [-0.2, -0.15) is 0 Å². The Labute approximate surface area is 146 Å². The molecule has 0 aromatic heterocycles. The van der Waals surface area contributed by atoms with Crippen LogP contribution in [0.25, 0.3) is 11.1 Å². The summed E-state index contributed by atoms with van der Waals surface area (Å²) < 4.78 is 0. The average Bonchev–Trinajstić information content (AvgIpc) is 3.20. The molecule has 2 aliphatic carbocycles. The van der Waals surface area contributed by atoms with Gasteiger partial charge in [0.2, 0.25) is 0 Å². The van der Waals surface area contributed by atoms with Gasteiger partial charge in [0.1, 0.15) is 0 Å². The van der Waals surface area contributed by atoms with Crippen LogP contribution in [0.4, 0.5) is 0 Å². The number of aryl methyl sites for hydroxylation is 1. The Hall–Kier alpha value is -2.34. The highest BCUT2D eigenvalue weighted by molar-refractivity contribution is 5.88. The summed E-state index contributed by atoms with van der Waals surface area (Å²) in [4.78, 5) is 0. The second-order valence-electron chi connectivity index (χ2n) is 6.64. The van der Waals surface area contributed by atoms with Crippen molar-refractivity contribution in [1.82, 2.24) is 0 Å². The monoisotopic (exact) mass is 314 g/mol. The van der Waals surface area contributed by atoms with Crippen LogP contribution in [0.2, 0.25) is 0 Å². The number of hydrogen-bond donors (Lipinski definition) is 0. The van der Waals surface area contributed by atoms with E-state index in [9.17, 15) is 0 Å². The van der Waals surface area contributed by atoms with Gasteiger partial charge in [-0.15, -0.1) is 13.2 Å². The molecule has 24 heavy (non-hydrogen) atoms. The van der Waals surface area contributed by atoms with E-state index in [-0.39, 0.29) is 0 Å². The summed E-state index contributed by atoms with van der Waals surface area (Å²) in [5.74, 6) is 0. The van der Waals surface area contributed by atoms with Crippen molar-refractivity contribution in [2.24, 2.45) is 0 Å². The molecule has 122 valence electrons. The number of benzene rings is 1. The highest BCUT2D eigenvalue weighted by atomic mass is 14.3. The van der Waals surface area contributed by atoms with Gasteiger partial charge in [-0.1, -0.05) is 48.6 Å². The SMILES string of the molecule is C=CCC1=C(c2ccc(C)c(C)c2C2=C(CC=C)C=CC2)CC=C1. The summed E-state index contributed by atoms with van der Waals surface area (Å²) in [7, 11) is 0. The topological polar surface area (TPSA) is 0 Å². The van der Waals surface area contributed by atoms with Crippen molar-refractivity contribution in [2.45, 2.75) is 39.5 Å². The quantitative estimate of drug-likeness (QED) is 0.502. The van der Waals surface area contributed by atoms with E-state index in [4.69, 9.17) is 0 Å². The molecule has 2 aliphatic rings. The summed E-state index contributed by atoms with van der Waals surface area (Å²) in [6, 6.07) is 4.58. The zero-order chi connectivity index (χ0) is 17.1. The lowest BCUT2D eigenvalue weighted by Crippen LogP contribution is -2.00. The number of rotatable bonds is 6. The van der Waals surface area contributed by atoms with E-state index < -0.39 is 0 Å². The summed E-state index contributed by atoms with van der Waals surface area (Å²) in [6.07, 6.45) is 17.0. The Morgan fingerprint density at radius 3 is 2.08 bits per heavy atom. The van der Waals surface area contributed by atoms with Gasteiger partial charge in [-0.05, 0) is 84.1 Å². The largest absolute Gasteiger partial charge is 0.103 e. The van der Waals surface area contributed by atoms with Crippen molar-refractivity contribution in [3.8, 4) is 0 Å². The molecule has 1 aromatic carbocycles. The lowest BCUT2D eigenvalue weighted by molar-refractivity contribution is 1.23. The summed E-state index contributed by atoms with van der Waals surface area (Å²) in [6.45, 7) is 12.3. The van der Waals surface area contributed by atoms with Gasteiger partial charge in [0, 0.05) is 0 Å². The van der Waals surface area contributed by atoms with Gasteiger partial charge in [0.05, 0.1) is 0 Å². The molecule has 0 heteroatoms. The molecule has 0 aliphatic heterocycles. The number of allylic oxidation sites excluding steroid dienone is 10. The molecule has 0 bridgehead atoms. The molecule has 3 rings (SSSR count).